The van der Waals surface area contributed by atoms with Crippen LogP contribution in [0.2, 0.25) is 5.02 Å². The number of amides is 1. The lowest BCUT2D eigenvalue weighted by atomic mass is 10.2. The summed E-state index contributed by atoms with van der Waals surface area (Å²) in [5.41, 5.74) is 0.675. The number of halogens is 1. The lowest BCUT2D eigenvalue weighted by Crippen LogP contribution is -2.24. The van der Waals surface area contributed by atoms with Crippen LogP contribution in [0.4, 0.5) is 0 Å². The molecule has 0 fully saturated rings. The molecule has 0 radical (unpaired) electrons. The van der Waals surface area contributed by atoms with Crippen LogP contribution in [0.3, 0.4) is 0 Å². The minimum atomic E-state index is -0.297. The fourth-order valence-electron chi connectivity index (χ4n) is 1.45. The summed E-state index contributed by atoms with van der Waals surface area (Å²) < 4.78 is 1.36. The maximum Gasteiger partial charge on any atom is 0.343 e. The molecule has 0 aliphatic carbocycles. The average molecular weight is 313 g/mol. The maximum absolute atomic E-state index is 11.7. The molecule has 1 aromatic carbocycles. The van der Waals surface area contributed by atoms with Gasteiger partial charge in [0, 0.05) is 18.6 Å². The zero-order valence-electron chi connectivity index (χ0n) is 10.7. The first-order valence-corrected chi connectivity index (χ1v) is 7.18. The number of nitrogens with one attached hydrogen (secondary N) is 2. The van der Waals surface area contributed by atoms with Gasteiger partial charge in [-0.1, -0.05) is 35.5 Å². The average Bonchev–Trinajstić information content (AvgIpc) is 2.76. The van der Waals surface area contributed by atoms with Crippen LogP contribution in [0.1, 0.15) is 5.56 Å². The lowest BCUT2D eigenvalue weighted by Gasteiger charge is -2.05. The van der Waals surface area contributed by atoms with Gasteiger partial charge in [0.1, 0.15) is 0 Å². The minimum Gasteiger partial charge on any atom is -0.351 e. The van der Waals surface area contributed by atoms with Crippen LogP contribution in [0.15, 0.2) is 34.2 Å². The number of rotatable bonds is 5. The molecule has 8 heteroatoms. The van der Waals surface area contributed by atoms with Crippen molar-refractivity contribution in [2.75, 3.05) is 5.75 Å². The molecule has 6 nitrogen and oxygen atoms in total. The van der Waals surface area contributed by atoms with Gasteiger partial charge in [0.2, 0.25) is 5.91 Å². The second-order valence-electron chi connectivity index (χ2n) is 4.06. The molecule has 20 heavy (non-hydrogen) atoms. The third-order valence-electron chi connectivity index (χ3n) is 2.57. The van der Waals surface area contributed by atoms with Crippen molar-refractivity contribution in [1.82, 2.24) is 20.1 Å². The van der Waals surface area contributed by atoms with Gasteiger partial charge in [-0.25, -0.2) is 9.89 Å². The van der Waals surface area contributed by atoms with E-state index in [0.29, 0.717) is 16.7 Å². The number of carbonyl (C=O) groups excluding carboxylic acids is 1. The first-order chi connectivity index (χ1) is 9.56. The standard InChI is InChI=1S/C12H13ClN4O2S/c1-17-11(19)15-16-12(17)20-7-10(18)14-6-8-2-4-9(13)5-3-8/h2-5H,6-7H2,1H3,(H,14,18)(H,15,19). The van der Waals surface area contributed by atoms with Crippen LogP contribution in [0.25, 0.3) is 0 Å². The number of hydrogen-bond donors (Lipinski definition) is 2. The summed E-state index contributed by atoms with van der Waals surface area (Å²) in [6, 6.07) is 7.26. The maximum atomic E-state index is 11.7. The molecule has 0 saturated heterocycles. The number of aromatic nitrogens is 3. The molecule has 0 aliphatic rings. The molecule has 106 valence electrons. The zero-order chi connectivity index (χ0) is 14.5. The predicted octanol–water partition coefficient (Wildman–Crippen LogP) is 1.17. The second kappa shape index (κ2) is 6.62. The summed E-state index contributed by atoms with van der Waals surface area (Å²) in [5, 5.41) is 10.1. The molecule has 0 aliphatic heterocycles. The number of H-pyrrole nitrogens is 1. The van der Waals surface area contributed by atoms with Crippen LogP contribution in [0, 0.1) is 0 Å². The Morgan fingerprint density at radius 3 is 2.75 bits per heavy atom. The molecule has 0 unspecified atom stereocenters. The Bertz CT molecular complexity index is 650. The van der Waals surface area contributed by atoms with Gasteiger partial charge in [-0.3, -0.25) is 9.36 Å². The van der Waals surface area contributed by atoms with Gasteiger partial charge in [0.25, 0.3) is 0 Å². The Balaban J connectivity index is 1.80. The highest BCUT2D eigenvalue weighted by Crippen LogP contribution is 2.12. The highest BCUT2D eigenvalue weighted by molar-refractivity contribution is 7.99. The molecule has 1 heterocycles. The van der Waals surface area contributed by atoms with E-state index in [1.807, 2.05) is 12.1 Å². The smallest absolute Gasteiger partial charge is 0.343 e. The van der Waals surface area contributed by atoms with Crippen molar-refractivity contribution in [3.63, 3.8) is 0 Å². The molecule has 2 aromatic rings. The number of hydrogen-bond acceptors (Lipinski definition) is 4. The molecule has 1 aromatic heterocycles. The highest BCUT2D eigenvalue weighted by atomic mass is 35.5. The Kier molecular flexibility index (Phi) is 4.86. The second-order valence-corrected chi connectivity index (χ2v) is 5.44. The fraction of sp³-hybridized carbons (Fsp3) is 0.250. The third-order valence-corrected chi connectivity index (χ3v) is 3.86. The van der Waals surface area contributed by atoms with E-state index in [-0.39, 0.29) is 17.3 Å². The van der Waals surface area contributed by atoms with Gasteiger partial charge in [0.05, 0.1) is 5.75 Å². The number of benzene rings is 1. The van der Waals surface area contributed by atoms with Gasteiger partial charge in [-0.05, 0) is 17.7 Å². The molecule has 0 bridgehead atoms. The third kappa shape index (κ3) is 3.88. The van der Waals surface area contributed by atoms with Gasteiger partial charge in [-0.15, -0.1) is 5.10 Å². The summed E-state index contributed by atoms with van der Waals surface area (Å²) in [4.78, 5) is 22.8. The predicted molar refractivity (Wildman–Crippen MR) is 77.9 cm³/mol. The van der Waals surface area contributed by atoms with Gasteiger partial charge < -0.3 is 5.32 Å². The van der Waals surface area contributed by atoms with Crippen molar-refractivity contribution in [1.29, 1.82) is 0 Å². The van der Waals surface area contributed by atoms with E-state index >= 15 is 0 Å². The fourth-order valence-corrected chi connectivity index (χ4v) is 2.32. The van der Waals surface area contributed by atoms with Gasteiger partial charge in [-0.2, -0.15) is 0 Å². The van der Waals surface area contributed by atoms with E-state index in [0.717, 1.165) is 5.56 Å². The Hall–Kier alpha value is -1.73. The van der Waals surface area contributed by atoms with Crippen molar-refractivity contribution >= 4 is 29.3 Å². The summed E-state index contributed by atoms with van der Waals surface area (Å²) in [6.07, 6.45) is 0. The normalized spacial score (nSPS) is 10.5. The molecule has 1 amide bonds. The van der Waals surface area contributed by atoms with E-state index in [4.69, 9.17) is 11.6 Å². The van der Waals surface area contributed by atoms with E-state index in [1.165, 1.54) is 16.3 Å². The van der Waals surface area contributed by atoms with Crippen LogP contribution in [-0.4, -0.2) is 26.4 Å². The first kappa shape index (κ1) is 14.7. The van der Waals surface area contributed by atoms with Crippen molar-refractivity contribution in [2.45, 2.75) is 11.7 Å². The molecule has 2 N–H and O–H groups in total. The van der Waals surface area contributed by atoms with Crippen molar-refractivity contribution < 1.29 is 4.79 Å². The molecular formula is C12H13ClN4O2S. The Labute approximate surface area is 124 Å². The lowest BCUT2D eigenvalue weighted by molar-refractivity contribution is -0.118. The Morgan fingerprint density at radius 1 is 1.45 bits per heavy atom. The van der Waals surface area contributed by atoms with Crippen LogP contribution in [0.5, 0.6) is 0 Å². The van der Waals surface area contributed by atoms with Crippen molar-refractivity contribution in [2.24, 2.45) is 7.05 Å². The van der Waals surface area contributed by atoms with Gasteiger partial charge in [0.15, 0.2) is 5.16 Å². The molecule has 0 spiro atoms. The SMILES string of the molecule is Cn1c(SCC(=O)NCc2ccc(Cl)cc2)n[nH]c1=O. The molecule has 2 rings (SSSR count). The number of aromatic amines is 1. The quantitative estimate of drug-likeness (QED) is 0.812. The minimum absolute atomic E-state index is 0.125. The van der Waals surface area contributed by atoms with Crippen LogP contribution in [-0.2, 0) is 18.4 Å². The summed E-state index contributed by atoms with van der Waals surface area (Å²) >= 11 is 6.98. The Morgan fingerprint density at radius 2 is 2.15 bits per heavy atom. The zero-order valence-corrected chi connectivity index (χ0v) is 12.3. The summed E-state index contributed by atoms with van der Waals surface area (Å²) in [5.74, 6) is 0.0755. The van der Waals surface area contributed by atoms with Crippen molar-refractivity contribution in [3.05, 3.63) is 45.3 Å². The highest BCUT2D eigenvalue weighted by Gasteiger charge is 2.08. The first-order valence-electron chi connectivity index (χ1n) is 5.81. The van der Waals surface area contributed by atoms with E-state index in [1.54, 1.807) is 19.2 Å². The van der Waals surface area contributed by atoms with E-state index in [2.05, 4.69) is 15.5 Å². The monoisotopic (exact) mass is 312 g/mol. The van der Waals surface area contributed by atoms with Crippen LogP contribution >= 0.6 is 23.4 Å². The number of nitrogens with zero attached hydrogens (tertiary/aromatic N) is 2. The largest absolute Gasteiger partial charge is 0.351 e. The summed E-state index contributed by atoms with van der Waals surface area (Å²) in [7, 11) is 1.60. The van der Waals surface area contributed by atoms with Crippen LogP contribution < -0.4 is 11.0 Å². The number of thioether (sulfide) groups is 1. The molecular weight excluding hydrogens is 300 g/mol. The molecule has 0 atom stereocenters. The van der Waals surface area contributed by atoms with E-state index in [9.17, 15) is 9.59 Å². The summed E-state index contributed by atoms with van der Waals surface area (Å²) in [6.45, 7) is 0.441. The topological polar surface area (TPSA) is 79.8 Å². The molecule has 0 saturated carbocycles. The number of carbonyl (C=O) groups is 1. The van der Waals surface area contributed by atoms with Crippen molar-refractivity contribution in [3.8, 4) is 0 Å². The van der Waals surface area contributed by atoms with E-state index < -0.39 is 0 Å². The van der Waals surface area contributed by atoms with Gasteiger partial charge >= 0.3 is 5.69 Å².